The molecule has 0 aliphatic carbocycles. The van der Waals surface area contributed by atoms with Gasteiger partial charge in [-0.25, -0.2) is 15.0 Å². The maximum atomic E-state index is 6.69. The first-order valence-electron chi connectivity index (χ1n) is 19.0. The van der Waals surface area contributed by atoms with Crippen molar-refractivity contribution in [3.8, 4) is 51.0 Å². The largest absolute Gasteiger partial charge is 0.456 e. The van der Waals surface area contributed by atoms with Crippen LogP contribution in [-0.2, 0) is 0 Å². The molecule has 0 spiro atoms. The summed E-state index contributed by atoms with van der Waals surface area (Å²) < 4.78 is 11.5. The van der Waals surface area contributed by atoms with Crippen molar-refractivity contribution in [3.63, 3.8) is 0 Å². The SMILES string of the molecule is c1ccc(-c2ccc(-c3nc(-c4ccc5c(c4)oc4cc6c(cc45)c4ccccc4n6-c4ccccc4)nc(-c4ccc5c(c4)sc4ccccc45)n3)cc2)cc1. The Labute approximate surface area is 330 Å². The highest BCUT2D eigenvalue weighted by molar-refractivity contribution is 7.25. The number of para-hydroxylation sites is 2. The minimum Gasteiger partial charge on any atom is -0.456 e. The van der Waals surface area contributed by atoms with E-state index in [1.165, 1.54) is 42.0 Å². The van der Waals surface area contributed by atoms with Gasteiger partial charge in [-0.05, 0) is 59.7 Å². The number of hydrogen-bond acceptors (Lipinski definition) is 5. The van der Waals surface area contributed by atoms with Crippen LogP contribution in [0, 0.1) is 0 Å². The number of benzene rings is 8. The number of aromatic nitrogens is 4. The second-order valence-electron chi connectivity index (χ2n) is 14.4. The molecule has 5 nitrogen and oxygen atoms in total. The van der Waals surface area contributed by atoms with Crippen molar-refractivity contribution in [2.75, 3.05) is 0 Å². The molecule has 0 radical (unpaired) electrons. The Kier molecular flexibility index (Phi) is 7.03. The third-order valence-corrected chi connectivity index (χ3v) is 12.2. The lowest BCUT2D eigenvalue weighted by atomic mass is 10.0. The third kappa shape index (κ3) is 5.19. The highest BCUT2D eigenvalue weighted by Gasteiger charge is 2.19. The van der Waals surface area contributed by atoms with E-state index in [0.717, 1.165) is 55.4 Å². The van der Waals surface area contributed by atoms with E-state index in [-0.39, 0.29) is 0 Å². The van der Waals surface area contributed by atoms with Crippen LogP contribution in [0.3, 0.4) is 0 Å². The van der Waals surface area contributed by atoms with E-state index in [1.807, 2.05) is 6.07 Å². The van der Waals surface area contributed by atoms with Crippen molar-refractivity contribution >= 4 is 75.3 Å². The molecule has 0 aliphatic heterocycles. The van der Waals surface area contributed by atoms with Crippen molar-refractivity contribution in [1.29, 1.82) is 0 Å². The van der Waals surface area contributed by atoms with Crippen LogP contribution < -0.4 is 0 Å². The highest BCUT2D eigenvalue weighted by Crippen LogP contribution is 2.40. The maximum absolute atomic E-state index is 6.69. The summed E-state index contributed by atoms with van der Waals surface area (Å²) in [5, 5.41) is 7.03. The molecule has 0 atom stereocenters. The van der Waals surface area contributed by atoms with Crippen molar-refractivity contribution in [1.82, 2.24) is 19.5 Å². The van der Waals surface area contributed by atoms with Gasteiger partial charge in [-0.3, -0.25) is 0 Å². The van der Waals surface area contributed by atoms with Crippen LogP contribution in [0.1, 0.15) is 0 Å². The van der Waals surface area contributed by atoms with Crippen LogP contribution >= 0.6 is 11.3 Å². The first-order valence-corrected chi connectivity index (χ1v) is 19.8. The molecule has 0 N–H and O–H groups in total. The van der Waals surface area contributed by atoms with Gasteiger partial charge < -0.3 is 8.98 Å². The van der Waals surface area contributed by atoms with Gasteiger partial charge in [-0.1, -0.05) is 127 Å². The summed E-state index contributed by atoms with van der Waals surface area (Å²) in [6.07, 6.45) is 0. The Bertz CT molecular complexity index is 3510. The highest BCUT2D eigenvalue weighted by atomic mass is 32.1. The Morgan fingerprint density at radius 1 is 0.351 bits per heavy atom. The van der Waals surface area contributed by atoms with E-state index in [0.29, 0.717) is 17.5 Å². The van der Waals surface area contributed by atoms with Crippen molar-refractivity contribution < 1.29 is 4.42 Å². The summed E-state index contributed by atoms with van der Waals surface area (Å²) >= 11 is 1.79. The number of rotatable bonds is 5. The fourth-order valence-corrected chi connectivity index (χ4v) is 9.45. The number of nitrogens with zero attached hydrogens (tertiary/aromatic N) is 4. The molecule has 0 bridgehead atoms. The van der Waals surface area contributed by atoms with E-state index in [1.54, 1.807) is 11.3 Å². The summed E-state index contributed by atoms with van der Waals surface area (Å²) in [6, 6.07) is 63.8. The molecule has 8 aromatic carbocycles. The molecule has 12 aromatic rings. The van der Waals surface area contributed by atoms with Crippen LogP contribution in [0.4, 0.5) is 0 Å². The Morgan fingerprint density at radius 3 is 1.70 bits per heavy atom. The predicted molar refractivity (Wildman–Crippen MR) is 236 cm³/mol. The Hall–Kier alpha value is -7.41. The number of hydrogen-bond donors (Lipinski definition) is 0. The molecule has 0 saturated heterocycles. The van der Waals surface area contributed by atoms with Crippen LogP contribution in [0.25, 0.3) is 115 Å². The van der Waals surface area contributed by atoms with Gasteiger partial charge >= 0.3 is 0 Å². The summed E-state index contributed by atoms with van der Waals surface area (Å²) in [6.45, 7) is 0. The van der Waals surface area contributed by atoms with Gasteiger partial charge in [-0.15, -0.1) is 11.3 Å². The second kappa shape index (κ2) is 12.6. The van der Waals surface area contributed by atoms with Crippen molar-refractivity contribution in [3.05, 3.63) is 182 Å². The lowest BCUT2D eigenvalue weighted by Crippen LogP contribution is -2.00. The van der Waals surface area contributed by atoms with Crippen LogP contribution in [0.2, 0.25) is 0 Å². The second-order valence-corrected chi connectivity index (χ2v) is 15.5. The van der Waals surface area contributed by atoms with Gasteiger partial charge in [0.2, 0.25) is 0 Å². The Balaban J connectivity index is 1.02. The van der Waals surface area contributed by atoms with E-state index >= 15 is 0 Å². The average molecular weight is 747 g/mol. The summed E-state index contributed by atoms with van der Waals surface area (Å²) in [4.78, 5) is 15.3. The maximum Gasteiger partial charge on any atom is 0.164 e. The van der Waals surface area contributed by atoms with E-state index in [4.69, 9.17) is 19.4 Å². The van der Waals surface area contributed by atoms with Gasteiger partial charge in [0, 0.05) is 70.2 Å². The standard InChI is InChI=1S/C51H30N4OS/c1-3-11-31(12-4-1)32-19-21-33(22-20-32)49-52-50(54-51(53-49)35-24-26-40-39-16-8-10-18-47(39)57-48(40)28-35)34-23-25-38-42-29-41-37-15-7-9-17-43(37)55(36-13-5-2-6-14-36)44(41)30-46(42)56-45(38)27-34/h1-30H. The number of fused-ring (bicyclic) bond motifs is 9. The molecule has 0 saturated carbocycles. The molecular formula is C51H30N4OS. The molecule has 0 amide bonds. The van der Waals surface area contributed by atoms with Gasteiger partial charge in [0.15, 0.2) is 17.5 Å². The zero-order valence-electron chi connectivity index (χ0n) is 30.4. The molecule has 4 heterocycles. The summed E-state index contributed by atoms with van der Waals surface area (Å²) in [5.74, 6) is 1.83. The van der Waals surface area contributed by atoms with Crippen LogP contribution in [0.5, 0.6) is 0 Å². The van der Waals surface area contributed by atoms with E-state index in [9.17, 15) is 0 Å². The molecule has 266 valence electrons. The smallest absolute Gasteiger partial charge is 0.164 e. The molecule has 57 heavy (non-hydrogen) atoms. The van der Waals surface area contributed by atoms with Crippen molar-refractivity contribution in [2.45, 2.75) is 0 Å². The quantitative estimate of drug-likeness (QED) is 0.176. The monoisotopic (exact) mass is 746 g/mol. The third-order valence-electron chi connectivity index (χ3n) is 11.1. The molecule has 12 rings (SSSR count). The van der Waals surface area contributed by atoms with E-state index < -0.39 is 0 Å². The lowest BCUT2D eigenvalue weighted by molar-refractivity contribution is 0.669. The Morgan fingerprint density at radius 2 is 0.912 bits per heavy atom. The normalized spacial score (nSPS) is 11.9. The van der Waals surface area contributed by atoms with E-state index in [2.05, 4.69) is 180 Å². The molecule has 0 unspecified atom stereocenters. The van der Waals surface area contributed by atoms with Gasteiger partial charge in [0.1, 0.15) is 11.2 Å². The number of furan rings is 1. The molecular weight excluding hydrogens is 717 g/mol. The van der Waals surface area contributed by atoms with Crippen LogP contribution in [0.15, 0.2) is 186 Å². The molecule has 0 fully saturated rings. The van der Waals surface area contributed by atoms with Crippen molar-refractivity contribution in [2.24, 2.45) is 0 Å². The summed E-state index contributed by atoms with van der Waals surface area (Å²) in [5.41, 5.74) is 10.0. The topological polar surface area (TPSA) is 56.7 Å². The zero-order valence-corrected chi connectivity index (χ0v) is 31.2. The first-order chi connectivity index (χ1) is 28.2. The predicted octanol–water partition coefficient (Wildman–Crippen LogP) is 13.9. The fourth-order valence-electron chi connectivity index (χ4n) is 8.30. The van der Waals surface area contributed by atoms with Gasteiger partial charge in [0.25, 0.3) is 0 Å². The summed E-state index contributed by atoms with van der Waals surface area (Å²) in [7, 11) is 0. The first kappa shape index (κ1) is 31.9. The molecule has 6 heteroatoms. The minimum atomic E-state index is 0.590. The molecule has 0 aliphatic rings. The zero-order chi connectivity index (χ0) is 37.5. The minimum absolute atomic E-state index is 0.590. The lowest BCUT2D eigenvalue weighted by Gasteiger charge is -2.09. The van der Waals surface area contributed by atoms with Crippen LogP contribution in [-0.4, -0.2) is 19.5 Å². The average Bonchev–Trinajstić information content (AvgIpc) is 3.94. The van der Waals surface area contributed by atoms with Gasteiger partial charge in [-0.2, -0.15) is 0 Å². The van der Waals surface area contributed by atoms with Gasteiger partial charge in [0.05, 0.1) is 11.0 Å². The molecule has 4 aromatic heterocycles. The fraction of sp³-hybridized carbons (Fsp3) is 0. The number of thiophene rings is 1.